The number of hydrogen-bond donors (Lipinski definition) is 1. The third-order valence-corrected chi connectivity index (χ3v) is 7.47. The van der Waals surface area contributed by atoms with Gasteiger partial charge in [-0.1, -0.05) is 38.1 Å². The van der Waals surface area contributed by atoms with Crippen molar-refractivity contribution in [2.45, 2.75) is 50.8 Å². The maximum Gasteiger partial charge on any atom is 0.154 e. The van der Waals surface area contributed by atoms with Crippen molar-refractivity contribution < 1.29 is 8.42 Å². The van der Waals surface area contributed by atoms with E-state index in [9.17, 15) is 8.42 Å². The minimum atomic E-state index is -2.87. The van der Waals surface area contributed by atoms with E-state index in [1.807, 2.05) is 0 Å². The summed E-state index contributed by atoms with van der Waals surface area (Å²) in [5.41, 5.74) is 2.92. The van der Waals surface area contributed by atoms with Gasteiger partial charge in [-0.3, -0.25) is 0 Å². The average Bonchev–Trinajstić information content (AvgIpc) is 2.76. The fourth-order valence-corrected chi connectivity index (χ4v) is 5.57. The van der Waals surface area contributed by atoms with Gasteiger partial charge in [0.2, 0.25) is 0 Å². The lowest BCUT2D eigenvalue weighted by molar-refractivity contribution is 0.209. The van der Waals surface area contributed by atoms with E-state index in [1.165, 1.54) is 11.1 Å². The molecule has 1 aromatic rings. The fourth-order valence-electron chi connectivity index (χ4n) is 3.79. The first-order chi connectivity index (χ1) is 9.90. The van der Waals surface area contributed by atoms with Crippen LogP contribution in [0.5, 0.6) is 0 Å². The molecule has 1 aromatic carbocycles. The van der Waals surface area contributed by atoms with Crippen LogP contribution in [0.15, 0.2) is 24.3 Å². The van der Waals surface area contributed by atoms with Gasteiger partial charge in [-0.25, -0.2) is 8.42 Å². The molecular formula is C17H25NO2S. The van der Waals surface area contributed by atoms with Gasteiger partial charge < -0.3 is 5.32 Å². The van der Waals surface area contributed by atoms with Crippen molar-refractivity contribution in [3.63, 3.8) is 0 Å². The second-order valence-electron chi connectivity index (χ2n) is 7.16. The van der Waals surface area contributed by atoms with E-state index >= 15 is 0 Å². The molecule has 2 unspecified atom stereocenters. The highest BCUT2D eigenvalue weighted by Gasteiger charge is 2.37. The zero-order chi connectivity index (χ0) is 15.1. The standard InChI is InChI=1S/C17H25NO2S/c1-17(2)10-9-13-6-3-4-8-15(13)16(17)18-12-14-7-5-11-21(14,19)20/h3-4,6,8,14,16,18H,5,7,9-12H2,1-2H3. The first-order valence-electron chi connectivity index (χ1n) is 7.93. The lowest BCUT2D eigenvalue weighted by Gasteiger charge is -2.41. The van der Waals surface area contributed by atoms with Gasteiger partial charge in [-0.2, -0.15) is 0 Å². The SMILES string of the molecule is CC1(C)CCc2ccccc2C1NCC1CCCS1(=O)=O. The third kappa shape index (κ3) is 2.88. The summed E-state index contributed by atoms with van der Waals surface area (Å²) in [6, 6.07) is 8.82. The van der Waals surface area contributed by atoms with Crippen molar-refractivity contribution in [2.24, 2.45) is 5.41 Å². The molecule has 1 N–H and O–H groups in total. The molecule has 4 heteroatoms. The van der Waals surface area contributed by atoms with Crippen molar-refractivity contribution in [2.75, 3.05) is 12.3 Å². The second-order valence-corrected chi connectivity index (χ2v) is 9.56. The van der Waals surface area contributed by atoms with Crippen molar-refractivity contribution in [3.05, 3.63) is 35.4 Å². The van der Waals surface area contributed by atoms with E-state index in [1.54, 1.807) is 0 Å². The van der Waals surface area contributed by atoms with Gasteiger partial charge in [0.15, 0.2) is 9.84 Å². The molecule has 1 heterocycles. The molecule has 1 aliphatic heterocycles. The molecule has 1 fully saturated rings. The molecule has 21 heavy (non-hydrogen) atoms. The van der Waals surface area contributed by atoms with E-state index < -0.39 is 9.84 Å². The molecule has 0 spiro atoms. The van der Waals surface area contributed by atoms with E-state index in [0.717, 1.165) is 25.7 Å². The Labute approximate surface area is 128 Å². The predicted molar refractivity (Wildman–Crippen MR) is 86.1 cm³/mol. The molecule has 0 amide bonds. The molecule has 2 aliphatic rings. The molecule has 0 saturated carbocycles. The highest BCUT2D eigenvalue weighted by atomic mass is 32.2. The summed E-state index contributed by atoms with van der Waals surface area (Å²) in [7, 11) is -2.87. The maximum atomic E-state index is 12.0. The molecule has 3 nitrogen and oxygen atoms in total. The maximum absolute atomic E-state index is 12.0. The molecule has 2 atom stereocenters. The van der Waals surface area contributed by atoms with Crippen molar-refractivity contribution in [1.29, 1.82) is 0 Å². The Morgan fingerprint density at radius 2 is 2.05 bits per heavy atom. The van der Waals surface area contributed by atoms with Crippen molar-refractivity contribution in [3.8, 4) is 0 Å². The zero-order valence-corrected chi connectivity index (χ0v) is 13.7. The number of fused-ring (bicyclic) bond motifs is 1. The number of sulfone groups is 1. The van der Waals surface area contributed by atoms with Crippen LogP contribution in [-0.4, -0.2) is 26.0 Å². The van der Waals surface area contributed by atoms with Gasteiger partial charge in [0.05, 0.1) is 11.0 Å². The van der Waals surface area contributed by atoms with Gasteiger partial charge in [0.1, 0.15) is 0 Å². The smallest absolute Gasteiger partial charge is 0.154 e. The summed E-state index contributed by atoms with van der Waals surface area (Å²) in [4.78, 5) is 0. The van der Waals surface area contributed by atoms with Gasteiger partial charge >= 0.3 is 0 Å². The highest BCUT2D eigenvalue weighted by molar-refractivity contribution is 7.92. The van der Waals surface area contributed by atoms with E-state index in [4.69, 9.17) is 0 Å². The highest BCUT2D eigenvalue weighted by Crippen LogP contribution is 2.43. The van der Waals surface area contributed by atoms with Crippen LogP contribution < -0.4 is 5.32 Å². The zero-order valence-electron chi connectivity index (χ0n) is 12.9. The summed E-state index contributed by atoms with van der Waals surface area (Å²) < 4.78 is 24.0. The van der Waals surface area contributed by atoms with Crippen LogP contribution >= 0.6 is 0 Å². The molecule has 0 aromatic heterocycles. The lowest BCUT2D eigenvalue weighted by Crippen LogP contribution is -2.42. The Balaban J connectivity index is 1.80. The van der Waals surface area contributed by atoms with Gasteiger partial charge in [0, 0.05) is 12.6 Å². The summed E-state index contributed by atoms with van der Waals surface area (Å²) >= 11 is 0. The lowest BCUT2D eigenvalue weighted by atomic mass is 9.70. The Morgan fingerprint density at radius 3 is 2.76 bits per heavy atom. The normalized spacial score (nSPS) is 30.0. The van der Waals surface area contributed by atoms with Gasteiger partial charge in [-0.05, 0) is 42.2 Å². The Morgan fingerprint density at radius 1 is 1.29 bits per heavy atom. The van der Waals surface area contributed by atoms with Gasteiger partial charge in [0.25, 0.3) is 0 Å². The number of rotatable bonds is 3. The molecule has 0 bridgehead atoms. The largest absolute Gasteiger partial charge is 0.308 e. The fraction of sp³-hybridized carbons (Fsp3) is 0.647. The minimum absolute atomic E-state index is 0.163. The molecule has 1 aliphatic carbocycles. The van der Waals surface area contributed by atoms with Crippen LogP contribution in [0.3, 0.4) is 0 Å². The van der Waals surface area contributed by atoms with Crippen LogP contribution in [0.1, 0.15) is 50.3 Å². The Kier molecular flexibility index (Phi) is 3.87. The Hall–Kier alpha value is -0.870. The monoisotopic (exact) mass is 307 g/mol. The van der Waals surface area contributed by atoms with E-state index in [0.29, 0.717) is 12.3 Å². The average molecular weight is 307 g/mol. The van der Waals surface area contributed by atoms with Crippen LogP contribution in [0, 0.1) is 5.41 Å². The summed E-state index contributed by atoms with van der Waals surface area (Å²) in [6.45, 7) is 5.15. The van der Waals surface area contributed by atoms with Crippen molar-refractivity contribution >= 4 is 9.84 Å². The van der Waals surface area contributed by atoms with Crippen molar-refractivity contribution in [1.82, 2.24) is 5.32 Å². The molecular weight excluding hydrogens is 282 g/mol. The number of nitrogens with one attached hydrogen (secondary N) is 1. The van der Waals surface area contributed by atoms with Crippen LogP contribution in [-0.2, 0) is 16.3 Å². The Bertz CT molecular complexity index is 621. The number of benzene rings is 1. The van der Waals surface area contributed by atoms with Crippen LogP contribution in [0.25, 0.3) is 0 Å². The van der Waals surface area contributed by atoms with E-state index in [-0.39, 0.29) is 16.7 Å². The van der Waals surface area contributed by atoms with Crippen LogP contribution in [0.2, 0.25) is 0 Å². The first-order valence-corrected chi connectivity index (χ1v) is 9.64. The predicted octanol–water partition coefficient (Wildman–Crippen LogP) is 2.87. The quantitative estimate of drug-likeness (QED) is 0.934. The second kappa shape index (κ2) is 5.40. The molecule has 3 rings (SSSR count). The van der Waals surface area contributed by atoms with Gasteiger partial charge in [-0.15, -0.1) is 0 Å². The number of hydrogen-bond acceptors (Lipinski definition) is 3. The topological polar surface area (TPSA) is 46.2 Å². The first kappa shape index (κ1) is 15.0. The third-order valence-electron chi connectivity index (χ3n) is 5.20. The molecule has 116 valence electrons. The summed E-state index contributed by atoms with van der Waals surface area (Å²) in [6.07, 6.45) is 3.88. The minimum Gasteiger partial charge on any atom is -0.308 e. The number of aryl methyl sites for hydroxylation is 1. The van der Waals surface area contributed by atoms with E-state index in [2.05, 4.69) is 43.4 Å². The summed E-state index contributed by atoms with van der Waals surface area (Å²) in [5.74, 6) is 0.365. The van der Waals surface area contributed by atoms with Crippen LogP contribution in [0.4, 0.5) is 0 Å². The molecule has 0 radical (unpaired) electrons. The molecule has 1 saturated heterocycles. The summed E-state index contributed by atoms with van der Waals surface area (Å²) in [5, 5.41) is 3.39.